The SMILES string of the molecule is Cc1c(/C=C/c2cc(C(=O)O)ccc2C(F)(F)F)cccc1-c1ccccc1. The molecule has 0 saturated heterocycles. The molecule has 0 fully saturated rings. The number of carboxylic acids is 1. The Labute approximate surface area is 160 Å². The highest BCUT2D eigenvalue weighted by atomic mass is 19.4. The van der Waals surface area contributed by atoms with Crippen LogP contribution in [0.3, 0.4) is 0 Å². The molecule has 0 aliphatic rings. The van der Waals surface area contributed by atoms with Gasteiger partial charge in [0.15, 0.2) is 0 Å². The zero-order valence-electron chi connectivity index (χ0n) is 15.0. The van der Waals surface area contributed by atoms with Gasteiger partial charge in [-0.2, -0.15) is 13.2 Å². The van der Waals surface area contributed by atoms with Crippen molar-refractivity contribution in [3.8, 4) is 11.1 Å². The summed E-state index contributed by atoms with van der Waals surface area (Å²) in [7, 11) is 0. The molecule has 0 atom stereocenters. The lowest BCUT2D eigenvalue weighted by Gasteiger charge is -2.12. The van der Waals surface area contributed by atoms with Crippen LogP contribution >= 0.6 is 0 Å². The van der Waals surface area contributed by atoms with E-state index in [1.54, 1.807) is 6.08 Å². The molecule has 2 nitrogen and oxygen atoms in total. The predicted octanol–water partition coefficient (Wildman–Crippen LogP) is 6.55. The van der Waals surface area contributed by atoms with Crippen LogP contribution in [0.2, 0.25) is 0 Å². The van der Waals surface area contributed by atoms with E-state index in [1.807, 2.05) is 55.5 Å². The Morgan fingerprint density at radius 2 is 1.57 bits per heavy atom. The van der Waals surface area contributed by atoms with Gasteiger partial charge in [-0.1, -0.05) is 60.7 Å². The van der Waals surface area contributed by atoms with Crippen molar-refractivity contribution in [3.05, 3.63) is 94.5 Å². The van der Waals surface area contributed by atoms with Gasteiger partial charge in [-0.15, -0.1) is 0 Å². The van der Waals surface area contributed by atoms with E-state index in [0.717, 1.165) is 40.5 Å². The Morgan fingerprint density at radius 1 is 0.893 bits per heavy atom. The molecule has 3 rings (SSSR count). The second-order valence-electron chi connectivity index (χ2n) is 6.32. The third kappa shape index (κ3) is 4.14. The Kier molecular flexibility index (Phi) is 5.36. The van der Waals surface area contributed by atoms with Gasteiger partial charge in [0.1, 0.15) is 0 Å². The van der Waals surface area contributed by atoms with Crippen molar-refractivity contribution in [1.82, 2.24) is 0 Å². The van der Waals surface area contributed by atoms with Gasteiger partial charge in [-0.3, -0.25) is 0 Å². The molecular formula is C23H17F3O2. The molecule has 0 amide bonds. The Morgan fingerprint density at radius 3 is 2.21 bits per heavy atom. The van der Waals surface area contributed by atoms with E-state index in [4.69, 9.17) is 5.11 Å². The maximum absolute atomic E-state index is 13.3. The lowest BCUT2D eigenvalue weighted by Crippen LogP contribution is -2.09. The second-order valence-corrected chi connectivity index (χ2v) is 6.32. The van der Waals surface area contributed by atoms with E-state index in [-0.39, 0.29) is 11.1 Å². The number of hydrogen-bond donors (Lipinski definition) is 1. The van der Waals surface area contributed by atoms with E-state index in [0.29, 0.717) is 0 Å². The van der Waals surface area contributed by atoms with E-state index in [1.165, 1.54) is 6.08 Å². The molecular weight excluding hydrogens is 365 g/mol. The van der Waals surface area contributed by atoms with Gasteiger partial charge >= 0.3 is 12.1 Å². The van der Waals surface area contributed by atoms with Gasteiger partial charge in [0.2, 0.25) is 0 Å². The molecule has 28 heavy (non-hydrogen) atoms. The number of carboxylic acid groups (broad SMARTS) is 1. The summed E-state index contributed by atoms with van der Waals surface area (Å²) >= 11 is 0. The first kappa shape index (κ1) is 19.4. The number of hydrogen-bond acceptors (Lipinski definition) is 1. The fourth-order valence-electron chi connectivity index (χ4n) is 3.04. The van der Waals surface area contributed by atoms with Crippen LogP contribution in [0.25, 0.3) is 23.3 Å². The summed E-state index contributed by atoms with van der Waals surface area (Å²) in [6.45, 7) is 1.90. The molecule has 5 heteroatoms. The van der Waals surface area contributed by atoms with Crippen LogP contribution < -0.4 is 0 Å². The standard InChI is InChI=1S/C23H17F3O2/c1-15-16(8-5-9-20(15)17-6-3-2-4-7-17)10-11-18-14-19(22(27)28)12-13-21(18)23(24,25)26/h2-14H,1H3,(H,27,28)/b11-10+. The molecule has 0 radical (unpaired) electrons. The Bertz CT molecular complexity index is 1040. The molecule has 3 aromatic rings. The zero-order chi connectivity index (χ0) is 20.3. The van der Waals surface area contributed by atoms with Crippen molar-refractivity contribution in [1.29, 1.82) is 0 Å². The van der Waals surface area contributed by atoms with Crippen molar-refractivity contribution in [2.45, 2.75) is 13.1 Å². The van der Waals surface area contributed by atoms with Crippen molar-refractivity contribution in [3.63, 3.8) is 0 Å². The number of alkyl halides is 3. The molecule has 0 spiro atoms. The van der Waals surface area contributed by atoms with Gasteiger partial charge in [-0.25, -0.2) is 4.79 Å². The average Bonchev–Trinajstić information content (AvgIpc) is 2.67. The lowest BCUT2D eigenvalue weighted by molar-refractivity contribution is -0.137. The number of rotatable bonds is 4. The normalized spacial score (nSPS) is 11.7. The van der Waals surface area contributed by atoms with Gasteiger partial charge in [0.05, 0.1) is 11.1 Å². The summed E-state index contributed by atoms with van der Waals surface area (Å²) in [5, 5.41) is 9.09. The van der Waals surface area contributed by atoms with Crippen molar-refractivity contribution in [2.24, 2.45) is 0 Å². The topological polar surface area (TPSA) is 37.3 Å². The van der Waals surface area contributed by atoms with Crippen LogP contribution in [0.1, 0.15) is 32.6 Å². The fraction of sp³-hybridized carbons (Fsp3) is 0.0870. The van der Waals surface area contributed by atoms with Gasteiger partial charge in [0.25, 0.3) is 0 Å². The van der Waals surface area contributed by atoms with Crippen LogP contribution in [-0.2, 0) is 6.18 Å². The van der Waals surface area contributed by atoms with E-state index in [9.17, 15) is 18.0 Å². The highest BCUT2D eigenvalue weighted by molar-refractivity contribution is 5.89. The van der Waals surface area contributed by atoms with Crippen LogP contribution in [-0.4, -0.2) is 11.1 Å². The minimum Gasteiger partial charge on any atom is -0.478 e. The lowest BCUT2D eigenvalue weighted by atomic mass is 9.95. The number of halogens is 3. The van der Waals surface area contributed by atoms with Crippen molar-refractivity contribution >= 4 is 18.1 Å². The highest BCUT2D eigenvalue weighted by Gasteiger charge is 2.33. The van der Waals surface area contributed by atoms with Crippen molar-refractivity contribution < 1.29 is 23.1 Å². The summed E-state index contributed by atoms with van der Waals surface area (Å²) in [6.07, 6.45) is -1.68. The van der Waals surface area contributed by atoms with E-state index >= 15 is 0 Å². The number of carbonyl (C=O) groups is 1. The molecule has 0 aliphatic heterocycles. The van der Waals surface area contributed by atoms with E-state index in [2.05, 4.69) is 0 Å². The first-order valence-electron chi connectivity index (χ1n) is 8.55. The zero-order valence-corrected chi connectivity index (χ0v) is 15.0. The van der Waals surface area contributed by atoms with Gasteiger partial charge in [-0.05, 0) is 52.9 Å². The quantitative estimate of drug-likeness (QED) is 0.520. The van der Waals surface area contributed by atoms with Crippen LogP contribution in [0.15, 0.2) is 66.7 Å². The Balaban J connectivity index is 2.05. The Hall–Kier alpha value is -3.34. The second kappa shape index (κ2) is 7.72. The molecule has 142 valence electrons. The number of benzene rings is 3. The van der Waals surface area contributed by atoms with Crippen LogP contribution in [0.5, 0.6) is 0 Å². The first-order valence-corrected chi connectivity index (χ1v) is 8.55. The van der Waals surface area contributed by atoms with Gasteiger partial charge < -0.3 is 5.11 Å². The molecule has 0 aromatic heterocycles. The van der Waals surface area contributed by atoms with Crippen molar-refractivity contribution in [2.75, 3.05) is 0 Å². The summed E-state index contributed by atoms with van der Waals surface area (Å²) < 4.78 is 39.9. The number of aromatic carboxylic acids is 1. The first-order chi connectivity index (χ1) is 13.3. The molecule has 3 aromatic carbocycles. The largest absolute Gasteiger partial charge is 0.478 e. The molecule has 0 unspecified atom stereocenters. The minimum atomic E-state index is -4.57. The highest BCUT2D eigenvalue weighted by Crippen LogP contribution is 2.34. The summed E-state index contributed by atoms with van der Waals surface area (Å²) in [6, 6.07) is 18.1. The van der Waals surface area contributed by atoms with Crippen LogP contribution in [0, 0.1) is 6.92 Å². The summed E-state index contributed by atoms with van der Waals surface area (Å²) in [4.78, 5) is 11.1. The maximum atomic E-state index is 13.3. The fourth-order valence-corrected chi connectivity index (χ4v) is 3.04. The smallest absolute Gasteiger partial charge is 0.416 e. The third-order valence-corrected chi connectivity index (χ3v) is 4.51. The minimum absolute atomic E-state index is 0.183. The third-order valence-electron chi connectivity index (χ3n) is 4.51. The predicted molar refractivity (Wildman–Crippen MR) is 104 cm³/mol. The molecule has 1 N–H and O–H groups in total. The average molecular weight is 382 g/mol. The molecule has 0 bridgehead atoms. The summed E-state index contributed by atoms with van der Waals surface area (Å²) in [5.41, 5.74) is 2.44. The van der Waals surface area contributed by atoms with E-state index < -0.39 is 17.7 Å². The molecule has 0 heterocycles. The van der Waals surface area contributed by atoms with Gasteiger partial charge in [0, 0.05) is 0 Å². The molecule has 0 aliphatic carbocycles. The van der Waals surface area contributed by atoms with Crippen LogP contribution in [0.4, 0.5) is 13.2 Å². The maximum Gasteiger partial charge on any atom is 0.416 e. The summed E-state index contributed by atoms with van der Waals surface area (Å²) in [5.74, 6) is -1.27. The monoisotopic (exact) mass is 382 g/mol. The molecule has 0 saturated carbocycles.